The average Bonchev–Trinajstić information content (AvgIpc) is 3.14. The third-order valence-corrected chi connectivity index (χ3v) is 5.78. The van der Waals surface area contributed by atoms with Gasteiger partial charge in [0, 0.05) is 28.2 Å². The Morgan fingerprint density at radius 2 is 1.87 bits per heavy atom. The van der Waals surface area contributed by atoms with E-state index in [1.165, 1.54) is 6.07 Å². The Labute approximate surface area is 186 Å². The number of rotatable bonds is 3. The molecule has 4 rings (SSSR count). The molecule has 2 N–H and O–H groups in total. The van der Waals surface area contributed by atoms with Crippen molar-refractivity contribution >= 4 is 40.6 Å². The number of halogens is 5. The lowest BCUT2D eigenvalue weighted by molar-refractivity contribution is -0.173. The lowest BCUT2D eigenvalue weighted by Crippen LogP contribution is -2.35. The number of hydrogen-bond donors (Lipinski definition) is 2. The smallest absolute Gasteiger partial charge is 0.363 e. The minimum atomic E-state index is -4.54. The number of nitrogens with one attached hydrogen (secondary N) is 2. The van der Waals surface area contributed by atoms with Gasteiger partial charge in [-0.2, -0.15) is 18.3 Å². The summed E-state index contributed by atoms with van der Waals surface area (Å²) in [6.07, 6.45) is -4.81. The second kappa shape index (κ2) is 8.09. The number of carbonyl (C=O) groups is 1. The number of aryl methyl sites for hydroxylation is 1. The molecule has 3 aromatic rings. The van der Waals surface area contributed by atoms with Crippen LogP contribution in [-0.2, 0) is 0 Å². The monoisotopic (exact) mass is 468 g/mol. The molecule has 1 aliphatic rings. The molecule has 0 aliphatic carbocycles. The third-order valence-electron chi connectivity index (χ3n) is 5.12. The Balaban J connectivity index is 1.63. The summed E-state index contributed by atoms with van der Waals surface area (Å²) in [5.74, 6) is -0.520. The van der Waals surface area contributed by atoms with Gasteiger partial charge >= 0.3 is 6.18 Å². The fraction of sp³-hybridized carbons (Fsp3) is 0.238. The van der Waals surface area contributed by atoms with E-state index < -0.39 is 24.2 Å². The number of carbonyl (C=O) groups excluding carboxylic acids is 1. The van der Waals surface area contributed by atoms with Crippen molar-refractivity contribution in [2.45, 2.75) is 31.6 Å². The topological polar surface area (TPSA) is 59.0 Å². The molecule has 0 spiro atoms. The Morgan fingerprint density at radius 3 is 2.52 bits per heavy atom. The van der Waals surface area contributed by atoms with E-state index in [4.69, 9.17) is 23.2 Å². The average molecular weight is 469 g/mol. The van der Waals surface area contributed by atoms with E-state index >= 15 is 0 Å². The van der Waals surface area contributed by atoms with Crippen molar-refractivity contribution < 1.29 is 18.0 Å². The number of amides is 1. The van der Waals surface area contributed by atoms with Gasteiger partial charge in [0.2, 0.25) is 0 Å². The normalized spacial score (nSPS) is 18.3. The summed E-state index contributed by atoms with van der Waals surface area (Å²) in [7, 11) is 0. The summed E-state index contributed by atoms with van der Waals surface area (Å²) in [5.41, 5.74) is 1.78. The van der Waals surface area contributed by atoms with Crippen molar-refractivity contribution in [3.8, 4) is 0 Å². The number of anilines is 2. The Kier molecular flexibility index (Phi) is 5.61. The van der Waals surface area contributed by atoms with E-state index in [0.29, 0.717) is 21.3 Å². The highest BCUT2D eigenvalue weighted by molar-refractivity contribution is 6.31. The molecule has 1 aromatic heterocycles. The van der Waals surface area contributed by atoms with Crippen molar-refractivity contribution in [1.82, 2.24) is 9.78 Å². The van der Waals surface area contributed by atoms with Crippen LogP contribution in [0.15, 0.2) is 48.5 Å². The van der Waals surface area contributed by atoms with Crippen molar-refractivity contribution in [3.05, 3.63) is 75.4 Å². The van der Waals surface area contributed by atoms with E-state index in [9.17, 15) is 18.0 Å². The second-order valence-corrected chi connectivity index (χ2v) is 8.16. The lowest BCUT2D eigenvalue weighted by atomic mass is 9.97. The summed E-state index contributed by atoms with van der Waals surface area (Å²) in [6.45, 7) is 1.82. The molecule has 31 heavy (non-hydrogen) atoms. The van der Waals surface area contributed by atoms with Crippen LogP contribution in [0.2, 0.25) is 10.0 Å². The Hall–Kier alpha value is -2.71. The van der Waals surface area contributed by atoms with Gasteiger partial charge in [0.05, 0.1) is 6.04 Å². The molecule has 0 bridgehead atoms. The standard InChI is InChI=1S/C21H17Cl2F3N4O/c1-11-2-7-14(8-15(11)23)27-20(31)17-10-19-28-16(12-3-5-13(22)6-4-12)9-18(21(24,25)26)30(19)29-17/h2-8,10,16,18,28H,9H2,1H3,(H,27,31)/t16-,18+/m1/s1. The predicted octanol–water partition coefficient (Wildman–Crippen LogP) is 6.41. The van der Waals surface area contributed by atoms with Crippen molar-refractivity contribution in [2.75, 3.05) is 10.6 Å². The first-order valence-corrected chi connectivity index (χ1v) is 10.1. The zero-order valence-corrected chi connectivity index (χ0v) is 17.7. The molecule has 0 fully saturated rings. The van der Waals surface area contributed by atoms with Crippen LogP contribution in [0.3, 0.4) is 0 Å². The van der Waals surface area contributed by atoms with Gasteiger partial charge in [0.1, 0.15) is 5.82 Å². The largest absolute Gasteiger partial charge is 0.410 e. The SMILES string of the molecule is Cc1ccc(NC(=O)c2cc3n(n2)[C@H](C(F)(F)F)C[C@H](c2ccc(Cl)cc2)N3)cc1Cl. The highest BCUT2D eigenvalue weighted by Crippen LogP contribution is 2.43. The fourth-order valence-corrected chi connectivity index (χ4v) is 3.77. The summed E-state index contributed by atoms with van der Waals surface area (Å²) in [5, 5.41) is 10.6. The summed E-state index contributed by atoms with van der Waals surface area (Å²) < 4.78 is 42.2. The zero-order chi connectivity index (χ0) is 22.3. The number of alkyl halides is 3. The number of benzene rings is 2. The molecule has 10 heteroatoms. The molecule has 2 heterocycles. The number of nitrogens with zero attached hydrogens (tertiary/aromatic N) is 2. The third kappa shape index (κ3) is 4.50. The van der Waals surface area contributed by atoms with Crippen LogP contribution in [0.25, 0.3) is 0 Å². The van der Waals surface area contributed by atoms with E-state index in [-0.39, 0.29) is 17.9 Å². The predicted molar refractivity (Wildman–Crippen MR) is 114 cm³/mol. The van der Waals surface area contributed by atoms with E-state index in [1.807, 2.05) is 6.92 Å². The van der Waals surface area contributed by atoms with Crippen LogP contribution in [0.1, 0.15) is 40.1 Å². The molecule has 162 valence electrons. The molecule has 0 saturated carbocycles. The van der Waals surface area contributed by atoms with Crippen LogP contribution in [0, 0.1) is 6.92 Å². The van der Waals surface area contributed by atoms with Gasteiger partial charge in [-0.05, 0) is 42.3 Å². The molecular weight excluding hydrogens is 452 g/mol. The first-order chi connectivity index (χ1) is 14.6. The molecular formula is C21H17Cl2F3N4O. The number of aromatic nitrogens is 2. The van der Waals surface area contributed by atoms with Crippen molar-refractivity contribution in [1.29, 1.82) is 0 Å². The maximum atomic E-state index is 13.8. The minimum absolute atomic E-state index is 0.112. The van der Waals surface area contributed by atoms with E-state index in [0.717, 1.165) is 10.2 Å². The fourth-order valence-electron chi connectivity index (χ4n) is 3.46. The first-order valence-electron chi connectivity index (χ1n) is 9.37. The quantitative estimate of drug-likeness (QED) is 0.466. The van der Waals surface area contributed by atoms with Gasteiger partial charge in [-0.25, -0.2) is 4.68 Å². The summed E-state index contributed by atoms with van der Waals surface area (Å²) in [4.78, 5) is 12.6. The maximum absolute atomic E-state index is 13.8. The Morgan fingerprint density at radius 1 is 1.16 bits per heavy atom. The summed E-state index contributed by atoms with van der Waals surface area (Å²) in [6, 6.07) is 10.4. The molecule has 2 aromatic carbocycles. The lowest BCUT2D eigenvalue weighted by Gasteiger charge is -2.33. The molecule has 0 saturated heterocycles. The minimum Gasteiger partial charge on any atom is -0.363 e. The zero-order valence-electron chi connectivity index (χ0n) is 16.2. The number of fused-ring (bicyclic) bond motifs is 1. The van der Waals surface area contributed by atoms with Crippen LogP contribution < -0.4 is 10.6 Å². The van der Waals surface area contributed by atoms with Crippen molar-refractivity contribution in [3.63, 3.8) is 0 Å². The van der Waals surface area contributed by atoms with Crippen LogP contribution in [0.4, 0.5) is 24.7 Å². The van der Waals surface area contributed by atoms with Crippen LogP contribution in [0.5, 0.6) is 0 Å². The van der Waals surface area contributed by atoms with Crippen molar-refractivity contribution in [2.24, 2.45) is 0 Å². The van der Waals surface area contributed by atoms with Crippen LogP contribution in [-0.4, -0.2) is 21.9 Å². The molecule has 0 radical (unpaired) electrons. The highest BCUT2D eigenvalue weighted by Gasteiger charge is 2.46. The molecule has 5 nitrogen and oxygen atoms in total. The van der Waals surface area contributed by atoms with Gasteiger partial charge in [-0.15, -0.1) is 0 Å². The molecule has 1 aliphatic heterocycles. The Bertz CT molecular complexity index is 1130. The maximum Gasteiger partial charge on any atom is 0.410 e. The van der Waals surface area contributed by atoms with Gasteiger partial charge in [-0.1, -0.05) is 41.4 Å². The van der Waals surface area contributed by atoms with Gasteiger partial charge < -0.3 is 10.6 Å². The molecule has 1 amide bonds. The van der Waals surface area contributed by atoms with Crippen LogP contribution >= 0.6 is 23.2 Å². The van der Waals surface area contributed by atoms with Gasteiger partial charge in [-0.3, -0.25) is 4.79 Å². The molecule has 0 unspecified atom stereocenters. The number of hydrogen-bond acceptors (Lipinski definition) is 3. The highest BCUT2D eigenvalue weighted by atomic mass is 35.5. The second-order valence-electron chi connectivity index (χ2n) is 7.32. The summed E-state index contributed by atoms with van der Waals surface area (Å²) >= 11 is 12.0. The van der Waals surface area contributed by atoms with E-state index in [1.54, 1.807) is 42.5 Å². The van der Waals surface area contributed by atoms with Gasteiger partial charge in [0.15, 0.2) is 11.7 Å². The molecule has 2 atom stereocenters. The van der Waals surface area contributed by atoms with Gasteiger partial charge in [0.25, 0.3) is 5.91 Å². The van der Waals surface area contributed by atoms with E-state index in [2.05, 4.69) is 15.7 Å². The first kappa shape index (κ1) is 21.5.